The Bertz CT molecular complexity index is 369. The molecule has 0 saturated carbocycles. The van der Waals surface area contributed by atoms with Crippen molar-refractivity contribution in [1.82, 2.24) is 9.97 Å². The molecule has 0 spiro atoms. The van der Waals surface area contributed by atoms with Crippen LogP contribution in [0.4, 0.5) is 5.82 Å². The monoisotopic (exact) mass is 301 g/mol. The van der Waals surface area contributed by atoms with Crippen LogP contribution in [0.1, 0.15) is 33.0 Å². The van der Waals surface area contributed by atoms with Crippen LogP contribution in [-0.2, 0) is 11.2 Å². The van der Waals surface area contributed by atoms with Gasteiger partial charge in [0.2, 0.25) is 0 Å². The average Bonchev–Trinajstić information content (AvgIpc) is 2.15. The number of halogens is 1. The van der Waals surface area contributed by atoms with Crippen LogP contribution in [-0.4, -0.2) is 29.2 Å². The Hall–Kier alpha value is -0.680. The van der Waals surface area contributed by atoms with Crippen LogP contribution in [0.15, 0.2) is 10.7 Å². The van der Waals surface area contributed by atoms with E-state index in [1.165, 1.54) is 0 Å². The summed E-state index contributed by atoms with van der Waals surface area (Å²) in [5.74, 6) is 1.69. The first-order valence-corrected chi connectivity index (χ1v) is 6.56. The van der Waals surface area contributed by atoms with Gasteiger partial charge in [-0.2, -0.15) is 0 Å². The first-order valence-electron chi connectivity index (χ1n) is 5.77. The third-order valence-electron chi connectivity index (χ3n) is 2.19. The number of methoxy groups -OCH3 is 1. The molecule has 1 aromatic rings. The molecule has 0 aromatic carbocycles. The number of rotatable bonds is 6. The molecule has 0 radical (unpaired) electrons. The lowest BCUT2D eigenvalue weighted by atomic mass is 10.1. The fourth-order valence-electron chi connectivity index (χ4n) is 1.61. The summed E-state index contributed by atoms with van der Waals surface area (Å²) in [4.78, 5) is 8.82. The first-order chi connectivity index (χ1) is 7.96. The third-order valence-corrected chi connectivity index (χ3v) is 2.59. The third kappa shape index (κ3) is 5.00. The van der Waals surface area contributed by atoms with E-state index in [2.05, 4.69) is 52.0 Å². The van der Waals surface area contributed by atoms with Crippen molar-refractivity contribution in [3.63, 3.8) is 0 Å². The molecule has 1 heterocycles. The lowest BCUT2D eigenvalue weighted by Gasteiger charge is -2.26. The highest BCUT2D eigenvalue weighted by atomic mass is 79.9. The molecule has 1 N–H and O–H groups in total. The van der Waals surface area contributed by atoms with Gasteiger partial charge < -0.3 is 10.1 Å². The predicted octanol–water partition coefficient (Wildman–Crippen LogP) is 3.03. The van der Waals surface area contributed by atoms with E-state index in [-0.39, 0.29) is 5.54 Å². The Morgan fingerprint density at radius 2 is 2.12 bits per heavy atom. The van der Waals surface area contributed by atoms with Gasteiger partial charge in [0.05, 0.1) is 12.1 Å². The number of hydrogen-bond acceptors (Lipinski definition) is 4. The molecule has 0 aliphatic rings. The Balaban J connectivity index is 2.83. The largest absolute Gasteiger partial charge is 0.382 e. The van der Waals surface area contributed by atoms with Gasteiger partial charge in [-0.15, -0.1) is 0 Å². The van der Waals surface area contributed by atoms with Crippen molar-refractivity contribution in [2.75, 3.05) is 19.0 Å². The van der Waals surface area contributed by atoms with E-state index >= 15 is 0 Å². The summed E-state index contributed by atoms with van der Waals surface area (Å²) in [6.45, 7) is 6.89. The smallest absolute Gasteiger partial charge is 0.132 e. The number of aromatic nitrogens is 2. The van der Waals surface area contributed by atoms with Gasteiger partial charge in [0.25, 0.3) is 0 Å². The maximum atomic E-state index is 5.17. The van der Waals surface area contributed by atoms with Crippen LogP contribution in [0.2, 0.25) is 0 Å². The summed E-state index contributed by atoms with van der Waals surface area (Å²) in [5.41, 5.74) is -0.147. The number of nitrogens with zero attached hydrogens (tertiary/aromatic N) is 2. The van der Waals surface area contributed by atoms with E-state index in [1.807, 2.05) is 6.07 Å². The van der Waals surface area contributed by atoms with Gasteiger partial charge in [0, 0.05) is 19.6 Å². The standard InChI is InChI=1S/C12H20BrN3O/c1-5-6-10-14-9(13)7-11(15-10)16-12(2,3)8-17-4/h7H,5-6,8H2,1-4H3,(H,14,15,16). The molecular formula is C12H20BrN3O. The Morgan fingerprint density at radius 1 is 1.41 bits per heavy atom. The summed E-state index contributed by atoms with van der Waals surface area (Å²) >= 11 is 3.41. The Morgan fingerprint density at radius 3 is 2.71 bits per heavy atom. The van der Waals surface area contributed by atoms with Crippen LogP contribution in [0.5, 0.6) is 0 Å². The summed E-state index contributed by atoms with van der Waals surface area (Å²) in [6, 6.07) is 1.89. The fraction of sp³-hybridized carbons (Fsp3) is 0.667. The van der Waals surface area contributed by atoms with Crippen molar-refractivity contribution in [3.05, 3.63) is 16.5 Å². The molecule has 0 bridgehead atoms. The van der Waals surface area contributed by atoms with Crippen LogP contribution in [0, 0.1) is 0 Å². The molecular weight excluding hydrogens is 282 g/mol. The van der Waals surface area contributed by atoms with Crippen molar-refractivity contribution < 1.29 is 4.74 Å². The lowest BCUT2D eigenvalue weighted by molar-refractivity contribution is 0.158. The number of nitrogens with one attached hydrogen (secondary N) is 1. The van der Waals surface area contributed by atoms with E-state index in [9.17, 15) is 0 Å². The maximum absolute atomic E-state index is 5.17. The molecule has 17 heavy (non-hydrogen) atoms. The molecule has 5 heteroatoms. The molecule has 0 unspecified atom stereocenters. The summed E-state index contributed by atoms with van der Waals surface area (Å²) in [5, 5.41) is 3.35. The Kier molecular flexibility index (Phi) is 5.33. The second-order valence-corrected chi connectivity index (χ2v) is 5.50. The second kappa shape index (κ2) is 6.31. The molecule has 96 valence electrons. The van der Waals surface area contributed by atoms with Crippen molar-refractivity contribution >= 4 is 21.7 Å². The van der Waals surface area contributed by atoms with E-state index in [4.69, 9.17) is 4.74 Å². The van der Waals surface area contributed by atoms with Crippen LogP contribution >= 0.6 is 15.9 Å². The summed E-state index contributed by atoms with van der Waals surface area (Å²) in [6.07, 6.45) is 1.93. The van der Waals surface area contributed by atoms with Gasteiger partial charge in [-0.3, -0.25) is 0 Å². The van der Waals surface area contributed by atoms with Crippen LogP contribution < -0.4 is 5.32 Å². The first kappa shape index (κ1) is 14.4. The molecule has 4 nitrogen and oxygen atoms in total. The van der Waals surface area contributed by atoms with Gasteiger partial charge in [0.1, 0.15) is 16.2 Å². The highest BCUT2D eigenvalue weighted by molar-refractivity contribution is 9.10. The zero-order valence-corrected chi connectivity index (χ0v) is 12.5. The fourth-order valence-corrected chi connectivity index (χ4v) is 2.03. The maximum Gasteiger partial charge on any atom is 0.132 e. The highest BCUT2D eigenvalue weighted by Crippen LogP contribution is 2.17. The van der Waals surface area contributed by atoms with Gasteiger partial charge in [0.15, 0.2) is 0 Å². The zero-order valence-electron chi connectivity index (χ0n) is 10.9. The topological polar surface area (TPSA) is 47.0 Å². The van der Waals surface area contributed by atoms with Crippen LogP contribution in [0.3, 0.4) is 0 Å². The minimum atomic E-state index is -0.147. The quantitative estimate of drug-likeness (QED) is 0.821. The van der Waals surface area contributed by atoms with Gasteiger partial charge in [-0.05, 0) is 36.2 Å². The molecule has 0 saturated heterocycles. The molecule has 0 fully saturated rings. The average molecular weight is 302 g/mol. The number of ether oxygens (including phenoxy) is 1. The van der Waals surface area contributed by atoms with Crippen LogP contribution in [0.25, 0.3) is 0 Å². The van der Waals surface area contributed by atoms with Crippen molar-refractivity contribution in [2.24, 2.45) is 0 Å². The number of hydrogen-bond donors (Lipinski definition) is 1. The van der Waals surface area contributed by atoms with E-state index in [0.717, 1.165) is 29.1 Å². The highest BCUT2D eigenvalue weighted by Gasteiger charge is 2.18. The SMILES string of the molecule is CCCc1nc(Br)cc(NC(C)(C)COC)n1. The molecule has 0 atom stereocenters. The van der Waals surface area contributed by atoms with E-state index < -0.39 is 0 Å². The van der Waals surface area contributed by atoms with Crippen molar-refractivity contribution in [2.45, 2.75) is 39.2 Å². The molecule has 1 rings (SSSR count). The lowest BCUT2D eigenvalue weighted by Crippen LogP contribution is -2.36. The number of aryl methyl sites for hydroxylation is 1. The van der Waals surface area contributed by atoms with E-state index in [0.29, 0.717) is 6.61 Å². The minimum Gasteiger partial charge on any atom is -0.382 e. The molecule has 0 amide bonds. The van der Waals surface area contributed by atoms with Gasteiger partial charge >= 0.3 is 0 Å². The Labute approximate surface area is 111 Å². The normalized spacial score (nSPS) is 11.6. The molecule has 0 aliphatic heterocycles. The predicted molar refractivity (Wildman–Crippen MR) is 73.3 cm³/mol. The van der Waals surface area contributed by atoms with Crippen molar-refractivity contribution in [1.29, 1.82) is 0 Å². The molecule has 0 aliphatic carbocycles. The summed E-state index contributed by atoms with van der Waals surface area (Å²) in [7, 11) is 1.70. The number of anilines is 1. The second-order valence-electron chi connectivity index (χ2n) is 4.68. The van der Waals surface area contributed by atoms with Gasteiger partial charge in [-0.1, -0.05) is 6.92 Å². The van der Waals surface area contributed by atoms with Gasteiger partial charge in [-0.25, -0.2) is 9.97 Å². The van der Waals surface area contributed by atoms with E-state index in [1.54, 1.807) is 7.11 Å². The van der Waals surface area contributed by atoms with Crippen molar-refractivity contribution in [3.8, 4) is 0 Å². The zero-order chi connectivity index (χ0) is 12.9. The summed E-state index contributed by atoms with van der Waals surface area (Å²) < 4.78 is 5.98. The molecule has 1 aromatic heterocycles. The minimum absolute atomic E-state index is 0.147.